The number of amides is 3. The molecule has 6 heteroatoms. The van der Waals surface area contributed by atoms with Crippen LogP contribution < -0.4 is 16.2 Å². The van der Waals surface area contributed by atoms with Gasteiger partial charge in [-0.05, 0) is 61.5 Å². The minimum Gasteiger partial charge on any atom is -0.390 e. The number of rotatable bonds is 3. The number of hydrogen-bond acceptors (Lipinski definition) is 3. The summed E-state index contributed by atoms with van der Waals surface area (Å²) in [5.74, 6) is 0.0622. The van der Waals surface area contributed by atoms with Crippen LogP contribution in [0.25, 0.3) is 0 Å². The van der Waals surface area contributed by atoms with Crippen molar-refractivity contribution >= 4 is 17.6 Å². The van der Waals surface area contributed by atoms with Crippen LogP contribution >= 0.6 is 0 Å². The topological polar surface area (TPSA) is 90.5 Å². The molecule has 0 spiro atoms. The predicted octanol–water partition coefficient (Wildman–Crippen LogP) is 4.22. The molecule has 0 heterocycles. The highest BCUT2D eigenvalue weighted by molar-refractivity contribution is 5.90. The molecule has 4 atom stereocenters. The van der Waals surface area contributed by atoms with Gasteiger partial charge in [-0.1, -0.05) is 45.4 Å². The Balaban J connectivity index is 1.63. The highest BCUT2D eigenvalue weighted by Crippen LogP contribution is 2.62. The number of urea groups is 1. The van der Waals surface area contributed by atoms with E-state index in [2.05, 4.69) is 36.9 Å². The number of carbonyl (C=O) groups excluding carboxylic acids is 2. The van der Waals surface area contributed by atoms with Crippen molar-refractivity contribution in [2.75, 3.05) is 5.32 Å². The standard InChI is InChI=1S/C23H35N3O3/c1-21(2)12-8-13-22(3)17(21)11-14-23(4,29)18(22)15-19(27)25-26-20(28)24-16-9-6-5-7-10-16/h5-7,9-10,17-18,29H,8,11-15H2,1-4H3,(H,25,27)(H2,24,26,28)/t17-,18+,22-,23-/m1/s1. The van der Waals surface area contributed by atoms with Crippen molar-refractivity contribution in [1.82, 2.24) is 10.9 Å². The van der Waals surface area contributed by atoms with Crippen molar-refractivity contribution in [2.45, 2.75) is 71.8 Å². The SMILES string of the molecule is CC1(C)CCC[C@]2(C)[C@@H]1CC[C@@](C)(O)[C@H]2CC(=O)NNC(=O)Nc1ccccc1. The maximum absolute atomic E-state index is 12.7. The quantitative estimate of drug-likeness (QED) is 0.572. The second-order valence-corrected chi connectivity index (χ2v) is 10.0. The van der Waals surface area contributed by atoms with Crippen molar-refractivity contribution in [3.63, 3.8) is 0 Å². The summed E-state index contributed by atoms with van der Waals surface area (Å²) in [6.07, 6.45) is 5.23. The van der Waals surface area contributed by atoms with Crippen LogP contribution in [0.1, 0.15) is 66.2 Å². The van der Waals surface area contributed by atoms with Crippen LogP contribution in [0.4, 0.5) is 10.5 Å². The number of nitrogens with one attached hydrogen (secondary N) is 3. The molecule has 29 heavy (non-hydrogen) atoms. The molecule has 0 radical (unpaired) electrons. The average molecular weight is 402 g/mol. The second-order valence-electron chi connectivity index (χ2n) is 10.0. The Labute approximate surface area is 173 Å². The third-order valence-corrected chi connectivity index (χ3v) is 7.50. The van der Waals surface area contributed by atoms with Gasteiger partial charge in [0.05, 0.1) is 5.60 Å². The first-order chi connectivity index (χ1) is 13.5. The summed E-state index contributed by atoms with van der Waals surface area (Å²) in [4.78, 5) is 24.7. The van der Waals surface area contributed by atoms with Gasteiger partial charge in [-0.15, -0.1) is 0 Å². The summed E-state index contributed by atoms with van der Waals surface area (Å²) in [5, 5.41) is 13.8. The van der Waals surface area contributed by atoms with Gasteiger partial charge in [0.2, 0.25) is 5.91 Å². The molecule has 6 nitrogen and oxygen atoms in total. The summed E-state index contributed by atoms with van der Waals surface area (Å²) in [7, 11) is 0. The number of hydrazine groups is 1. The number of carbonyl (C=O) groups is 2. The normalized spacial score (nSPS) is 33.3. The lowest BCUT2D eigenvalue weighted by molar-refractivity contribution is -0.173. The lowest BCUT2D eigenvalue weighted by Gasteiger charge is -2.61. The van der Waals surface area contributed by atoms with Gasteiger partial charge in [0.25, 0.3) is 0 Å². The average Bonchev–Trinajstić information content (AvgIpc) is 2.63. The Morgan fingerprint density at radius 2 is 1.72 bits per heavy atom. The van der Waals surface area contributed by atoms with Gasteiger partial charge in [0.1, 0.15) is 0 Å². The van der Waals surface area contributed by atoms with Gasteiger partial charge < -0.3 is 10.4 Å². The molecule has 0 bridgehead atoms. The molecule has 0 saturated heterocycles. The van der Waals surface area contributed by atoms with E-state index in [0.29, 0.717) is 18.0 Å². The lowest BCUT2D eigenvalue weighted by Crippen LogP contribution is -2.59. The molecule has 0 unspecified atom stereocenters. The molecule has 3 amide bonds. The van der Waals surface area contributed by atoms with Gasteiger partial charge in [0.15, 0.2) is 0 Å². The molecule has 4 N–H and O–H groups in total. The van der Waals surface area contributed by atoms with Crippen LogP contribution in [0.5, 0.6) is 0 Å². The summed E-state index contributed by atoms with van der Waals surface area (Å²) in [6, 6.07) is 8.55. The molecule has 0 aromatic heterocycles. The number of benzene rings is 1. The Hall–Kier alpha value is -2.08. The van der Waals surface area contributed by atoms with Crippen molar-refractivity contribution in [1.29, 1.82) is 0 Å². The lowest BCUT2D eigenvalue weighted by atomic mass is 9.45. The van der Waals surface area contributed by atoms with Gasteiger partial charge in [-0.25, -0.2) is 10.2 Å². The minimum absolute atomic E-state index is 0.0901. The first kappa shape index (κ1) is 21.6. The molecule has 2 aliphatic carbocycles. The van der Waals surface area contributed by atoms with Crippen LogP contribution in [0.15, 0.2) is 30.3 Å². The van der Waals surface area contributed by atoms with Crippen molar-refractivity contribution in [3.8, 4) is 0 Å². The van der Waals surface area contributed by atoms with Gasteiger partial charge in [-0.3, -0.25) is 10.2 Å². The fourth-order valence-electron chi connectivity index (χ4n) is 6.12. The molecule has 2 aliphatic rings. The fourth-order valence-corrected chi connectivity index (χ4v) is 6.12. The van der Waals surface area contributed by atoms with Crippen LogP contribution in [0, 0.1) is 22.7 Å². The van der Waals surface area contributed by atoms with E-state index in [0.717, 1.165) is 19.3 Å². The zero-order valence-corrected chi connectivity index (χ0v) is 18.0. The molecule has 2 fully saturated rings. The highest BCUT2D eigenvalue weighted by atomic mass is 16.3. The van der Waals surface area contributed by atoms with Gasteiger partial charge in [0, 0.05) is 18.0 Å². The van der Waals surface area contributed by atoms with Crippen molar-refractivity contribution in [2.24, 2.45) is 22.7 Å². The summed E-state index contributed by atoms with van der Waals surface area (Å²) in [5.41, 5.74) is 4.81. The Bertz CT molecular complexity index is 747. The zero-order chi connectivity index (χ0) is 21.3. The van der Waals surface area contributed by atoms with E-state index in [9.17, 15) is 14.7 Å². The smallest absolute Gasteiger partial charge is 0.337 e. The number of hydrogen-bond donors (Lipinski definition) is 4. The largest absolute Gasteiger partial charge is 0.390 e. The first-order valence-corrected chi connectivity index (χ1v) is 10.7. The third-order valence-electron chi connectivity index (χ3n) is 7.50. The van der Waals surface area contributed by atoms with Crippen LogP contribution in [-0.4, -0.2) is 22.6 Å². The number of anilines is 1. The first-order valence-electron chi connectivity index (χ1n) is 10.7. The number of aliphatic hydroxyl groups is 1. The molecule has 0 aliphatic heterocycles. The van der Waals surface area contributed by atoms with Crippen LogP contribution in [-0.2, 0) is 4.79 Å². The van der Waals surface area contributed by atoms with E-state index in [1.807, 2.05) is 25.1 Å². The number of para-hydroxylation sites is 1. The molecule has 2 saturated carbocycles. The summed E-state index contributed by atoms with van der Waals surface area (Å²) >= 11 is 0. The summed E-state index contributed by atoms with van der Waals surface area (Å²) < 4.78 is 0. The summed E-state index contributed by atoms with van der Waals surface area (Å²) in [6.45, 7) is 8.76. The molecular weight excluding hydrogens is 366 g/mol. The van der Waals surface area contributed by atoms with E-state index in [1.165, 1.54) is 6.42 Å². The monoisotopic (exact) mass is 401 g/mol. The number of fused-ring (bicyclic) bond motifs is 1. The highest BCUT2D eigenvalue weighted by Gasteiger charge is 2.58. The van der Waals surface area contributed by atoms with Crippen molar-refractivity contribution < 1.29 is 14.7 Å². The Kier molecular flexibility index (Phi) is 5.95. The van der Waals surface area contributed by atoms with E-state index in [-0.39, 0.29) is 29.1 Å². The molecule has 1 aromatic rings. The van der Waals surface area contributed by atoms with E-state index in [4.69, 9.17) is 0 Å². The molecular formula is C23H35N3O3. The predicted molar refractivity (Wildman–Crippen MR) is 114 cm³/mol. The van der Waals surface area contributed by atoms with Crippen molar-refractivity contribution in [3.05, 3.63) is 30.3 Å². The van der Waals surface area contributed by atoms with Gasteiger partial charge >= 0.3 is 6.03 Å². The maximum Gasteiger partial charge on any atom is 0.337 e. The third kappa shape index (κ3) is 4.58. The second kappa shape index (κ2) is 7.98. The maximum atomic E-state index is 12.7. The Morgan fingerprint density at radius 1 is 1.03 bits per heavy atom. The zero-order valence-electron chi connectivity index (χ0n) is 18.0. The molecule has 1 aromatic carbocycles. The van der Waals surface area contributed by atoms with E-state index in [1.54, 1.807) is 12.1 Å². The van der Waals surface area contributed by atoms with E-state index < -0.39 is 11.6 Å². The molecule has 160 valence electrons. The van der Waals surface area contributed by atoms with Crippen LogP contribution in [0.2, 0.25) is 0 Å². The Morgan fingerprint density at radius 3 is 2.41 bits per heavy atom. The van der Waals surface area contributed by atoms with Crippen LogP contribution in [0.3, 0.4) is 0 Å². The van der Waals surface area contributed by atoms with Gasteiger partial charge in [-0.2, -0.15) is 0 Å². The van der Waals surface area contributed by atoms with E-state index >= 15 is 0 Å². The molecule has 3 rings (SSSR count). The fraction of sp³-hybridized carbons (Fsp3) is 0.652. The minimum atomic E-state index is -0.887.